The summed E-state index contributed by atoms with van der Waals surface area (Å²) in [4.78, 5) is 37.7. The van der Waals surface area contributed by atoms with Crippen LogP contribution in [0.5, 0.6) is 5.75 Å². The van der Waals surface area contributed by atoms with E-state index in [9.17, 15) is 19.5 Å². The van der Waals surface area contributed by atoms with E-state index >= 15 is 0 Å². The van der Waals surface area contributed by atoms with E-state index in [0.717, 1.165) is 16.9 Å². The summed E-state index contributed by atoms with van der Waals surface area (Å²) >= 11 is 0. The Morgan fingerprint density at radius 1 is 1.15 bits per heavy atom. The minimum Gasteiger partial charge on any atom is -0.508 e. The third kappa shape index (κ3) is 7.36. The van der Waals surface area contributed by atoms with Crippen LogP contribution in [0.15, 0.2) is 24.3 Å². The molecule has 0 heterocycles. The van der Waals surface area contributed by atoms with E-state index in [4.69, 9.17) is 11.5 Å². The Hall–Kier alpha value is -2.45. The van der Waals surface area contributed by atoms with E-state index in [0.29, 0.717) is 12.5 Å². The van der Waals surface area contributed by atoms with Crippen LogP contribution in [-0.2, 0) is 20.8 Å². The molecule has 6 N–H and O–H groups in total. The van der Waals surface area contributed by atoms with Gasteiger partial charge in [0.25, 0.3) is 0 Å². The lowest BCUT2D eigenvalue weighted by Gasteiger charge is -2.28. The van der Waals surface area contributed by atoms with Gasteiger partial charge in [-0.2, -0.15) is 0 Å². The van der Waals surface area contributed by atoms with Crippen molar-refractivity contribution in [3.8, 4) is 5.75 Å². The van der Waals surface area contributed by atoms with Crippen molar-refractivity contribution in [2.75, 3.05) is 13.1 Å². The van der Waals surface area contributed by atoms with Gasteiger partial charge in [0.15, 0.2) is 0 Å². The van der Waals surface area contributed by atoms with Crippen molar-refractivity contribution in [3.63, 3.8) is 0 Å². The molecule has 1 rings (SSSR count). The first kappa shape index (κ1) is 22.6. The van der Waals surface area contributed by atoms with Gasteiger partial charge >= 0.3 is 0 Å². The quantitative estimate of drug-likeness (QED) is 0.427. The number of nitrogens with one attached hydrogen (secondary N) is 1. The molecule has 27 heavy (non-hydrogen) atoms. The number of rotatable bonds is 10. The summed E-state index contributed by atoms with van der Waals surface area (Å²) in [6.45, 7) is 6.07. The lowest BCUT2D eigenvalue weighted by molar-refractivity contribution is -0.151. The topological polar surface area (TPSA) is 139 Å². The lowest BCUT2D eigenvalue weighted by Crippen LogP contribution is -2.56. The number of phenolic OH excluding ortho intramolecular Hbond substituents is 1. The molecule has 0 spiro atoms. The van der Waals surface area contributed by atoms with Crippen molar-refractivity contribution >= 4 is 17.7 Å². The zero-order valence-corrected chi connectivity index (χ0v) is 16.1. The average Bonchev–Trinajstić information content (AvgIpc) is 2.60. The molecule has 1 aromatic carbocycles. The van der Waals surface area contributed by atoms with Crippen molar-refractivity contribution in [1.29, 1.82) is 0 Å². The Bertz CT molecular complexity index is 646. The molecule has 0 fully saturated rings. The van der Waals surface area contributed by atoms with Gasteiger partial charge in [-0.15, -0.1) is 0 Å². The van der Waals surface area contributed by atoms with Crippen LogP contribution in [0.3, 0.4) is 0 Å². The van der Waals surface area contributed by atoms with Crippen molar-refractivity contribution in [3.05, 3.63) is 29.8 Å². The summed E-state index contributed by atoms with van der Waals surface area (Å²) in [5, 5.41) is 12.3. The van der Waals surface area contributed by atoms with E-state index < -0.39 is 29.8 Å². The maximum atomic E-state index is 12.7. The van der Waals surface area contributed by atoms with Gasteiger partial charge in [-0.3, -0.25) is 19.3 Å². The van der Waals surface area contributed by atoms with Crippen molar-refractivity contribution in [1.82, 2.24) is 10.2 Å². The number of imide groups is 1. The monoisotopic (exact) mass is 378 g/mol. The predicted octanol–water partition coefficient (Wildman–Crippen LogP) is 0.127. The molecule has 0 aliphatic carbocycles. The van der Waals surface area contributed by atoms with Crippen LogP contribution in [0.1, 0.15) is 32.8 Å². The molecule has 0 saturated heterocycles. The molecule has 0 aromatic heterocycles. The minimum atomic E-state index is -1.09. The number of hydrogen-bond donors (Lipinski definition) is 4. The van der Waals surface area contributed by atoms with Crippen LogP contribution in [0.25, 0.3) is 0 Å². The normalized spacial score (nSPS) is 13.2. The highest BCUT2D eigenvalue weighted by molar-refractivity contribution is 6.02. The first-order chi connectivity index (χ1) is 12.6. The molecular formula is C19H30N4O4. The molecule has 0 aliphatic rings. The van der Waals surface area contributed by atoms with E-state index in [1.807, 2.05) is 0 Å². The lowest BCUT2D eigenvalue weighted by atomic mass is 10.0. The summed E-state index contributed by atoms with van der Waals surface area (Å²) in [5.41, 5.74) is 12.0. The maximum Gasteiger partial charge on any atom is 0.247 e. The third-order valence-corrected chi connectivity index (χ3v) is 4.19. The fourth-order valence-electron chi connectivity index (χ4n) is 2.48. The number of phenols is 1. The Morgan fingerprint density at radius 3 is 2.26 bits per heavy atom. The van der Waals surface area contributed by atoms with Crippen LogP contribution in [0, 0.1) is 5.92 Å². The Labute approximate surface area is 159 Å². The zero-order valence-electron chi connectivity index (χ0n) is 16.1. The van der Waals surface area contributed by atoms with Crippen LogP contribution in [-0.4, -0.2) is 52.9 Å². The Balaban J connectivity index is 2.81. The van der Waals surface area contributed by atoms with Gasteiger partial charge in [0.05, 0.1) is 12.6 Å². The van der Waals surface area contributed by atoms with Gasteiger partial charge in [0, 0.05) is 0 Å². The smallest absolute Gasteiger partial charge is 0.247 e. The van der Waals surface area contributed by atoms with Gasteiger partial charge in [0.1, 0.15) is 11.8 Å². The Kier molecular flexibility index (Phi) is 8.90. The largest absolute Gasteiger partial charge is 0.508 e. The second-order valence-electron chi connectivity index (χ2n) is 7.02. The summed E-state index contributed by atoms with van der Waals surface area (Å²) in [5.74, 6) is -1.41. The Morgan fingerprint density at radius 2 is 1.74 bits per heavy atom. The van der Waals surface area contributed by atoms with Gasteiger partial charge in [0.2, 0.25) is 17.7 Å². The fraction of sp³-hybridized carbons (Fsp3) is 0.526. The average molecular weight is 378 g/mol. The summed E-state index contributed by atoms with van der Waals surface area (Å²) in [7, 11) is 0. The molecule has 150 valence electrons. The number of primary amides is 1. The number of hydrogen-bond acceptors (Lipinski definition) is 6. The number of nitrogens with zero attached hydrogens (tertiary/aromatic N) is 1. The number of aromatic hydroxyl groups is 1. The molecule has 0 saturated carbocycles. The highest BCUT2D eigenvalue weighted by atomic mass is 16.3. The molecule has 1 aromatic rings. The molecule has 3 amide bonds. The molecule has 0 bridgehead atoms. The molecule has 0 radical (unpaired) electrons. The second-order valence-corrected chi connectivity index (χ2v) is 7.02. The van der Waals surface area contributed by atoms with E-state index in [-0.39, 0.29) is 18.7 Å². The van der Waals surface area contributed by atoms with Crippen LogP contribution in [0.2, 0.25) is 0 Å². The standard InChI is InChI=1S/C19H30N4O4/c1-12(2)8-9-22-11-17(25)23(13(3)18(21)26)19(27)16(20)10-14-4-6-15(24)7-5-14/h4-7,12-13,16,22,24H,8-11,20H2,1-3H3,(H2,21,26)/t13-,16+/m1/s1. The van der Waals surface area contributed by atoms with Gasteiger partial charge in [-0.05, 0) is 49.9 Å². The van der Waals surface area contributed by atoms with E-state index in [2.05, 4.69) is 19.2 Å². The SMILES string of the molecule is CC(C)CCNCC(=O)N(C(=O)[C@@H](N)Cc1ccc(O)cc1)[C@H](C)C(N)=O. The minimum absolute atomic E-state index is 0.0813. The molecule has 0 unspecified atom stereocenters. The van der Waals surface area contributed by atoms with Gasteiger partial charge < -0.3 is 21.9 Å². The van der Waals surface area contributed by atoms with Gasteiger partial charge in [-0.25, -0.2) is 0 Å². The number of benzene rings is 1. The molecule has 8 heteroatoms. The van der Waals surface area contributed by atoms with Gasteiger partial charge in [-0.1, -0.05) is 26.0 Å². The molecule has 2 atom stereocenters. The predicted molar refractivity (Wildman–Crippen MR) is 103 cm³/mol. The van der Waals surface area contributed by atoms with Crippen LogP contribution >= 0.6 is 0 Å². The van der Waals surface area contributed by atoms with E-state index in [1.165, 1.54) is 19.1 Å². The maximum absolute atomic E-state index is 12.7. The summed E-state index contributed by atoms with van der Waals surface area (Å²) < 4.78 is 0. The molecular weight excluding hydrogens is 348 g/mol. The van der Waals surface area contributed by atoms with Crippen molar-refractivity contribution in [2.45, 2.75) is 45.7 Å². The number of nitrogens with two attached hydrogens (primary N) is 2. The van der Waals surface area contributed by atoms with Crippen molar-refractivity contribution < 1.29 is 19.5 Å². The summed E-state index contributed by atoms with van der Waals surface area (Å²) in [6, 6.07) is 4.14. The third-order valence-electron chi connectivity index (χ3n) is 4.19. The van der Waals surface area contributed by atoms with Crippen LogP contribution < -0.4 is 16.8 Å². The number of carbonyl (C=O) groups is 3. The van der Waals surface area contributed by atoms with E-state index in [1.54, 1.807) is 12.1 Å². The highest BCUT2D eigenvalue weighted by Gasteiger charge is 2.33. The number of amides is 3. The zero-order chi connectivity index (χ0) is 20.6. The molecule has 0 aliphatic heterocycles. The number of carbonyl (C=O) groups excluding carboxylic acids is 3. The molecule has 8 nitrogen and oxygen atoms in total. The van der Waals surface area contributed by atoms with Crippen molar-refractivity contribution in [2.24, 2.45) is 17.4 Å². The first-order valence-corrected chi connectivity index (χ1v) is 9.02. The summed E-state index contributed by atoms with van der Waals surface area (Å²) in [6.07, 6.45) is 1.04. The van der Waals surface area contributed by atoms with Crippen LogP contribution in [0.4, 0.5) is 0 Å². The second kappa shape index (κ2) is 10.6. The fourth-order valence-corrected chi connectivity index (χ4v) is 2.48. The first-order valence-electron chi connectivity index (χ1n) is 9.02. The highest BCUT2D eigenvalue weighted by Crippen LogP contribution is 2.12.